The molecule has 0 fully saturated rings. The molecule has 9 aromatic carbocycles. The average molecular weight is 701 g/mol. The first-order valence-corrected chi connectivity index (χ1v) is 18.8. The summed E-state index contributed by atoms with van der Waals surface area (Å²) in [5, 5.41) is 9.63. The average Bonchev–Trinajstić information content (AvgIpc) is 3.91. The summed E-state index contributed by atoms with van der Waals surface area (Å²) in [6.45, 7) is 0. The highest BCUT2D eigenvalue weighted by atomic mass is 16.3. The topological polar surface area (TPSA) is 23.0 Å². The van der Waals surface area contributed by atoms with Crippen LogP contribution in [0.1, 0.15) is 0 Å². The zero-order chi connectivity index (χ0) is 36.0. The Kier molecular flexibility index (Phi) is 6.34. The van der Waals surface area contributed by atoms with Gasteiger partial charge in [0.05, 0.1) is 27.5 Å². The van der Waals surface area contributed by atoms with E-state index in [0.717, 1.165) is 33.3 Å². The predicted octanol–water partition coefficient (Wildman–Crippen LogP) is 14.3. The molecule has 12 rings (SSSR count). The van der Waals surface area contributed by atoms with Crippen molar-refractivity contribution in [2.24, 2.45) is 0 Å². The lowest BCUT2D eigenvalue weighted by molar-refractivity contribution is 0.669. The monoisotopic (exact) mass is 700 g/mol. The second-order valence-electron chi connectivity index (χ2n) is 14.5. The lowest BCUT2D eigenvalue weighted by Crippen LogP contribution is -1.94. The Balaban J connectivity index is 1.06. The van der Waals surface area contributed by atoms with E-state index in [-0.39, 0.29) is 0 Å². The molecule has 0 aliphatic heterocycles. The molecule has 3 heterocycles. The first-order chi connectivity index (χ1) is 27.3. The van der Waals surface area contributed by atoms with Crippen LogP contribution in [0.25, 0.3) is 110 Å². The van der Waals surface area contributed by atoms with Crippen molar-refractivity contribution in [3.8, 4) is 33.6 Å². The molecule has 0 N–H and O–H groups in total. The third kappa shape index (κ3) is 4.50. The fraction of sp³-hybridized carbons (Fsp3) is 0. The summed E-state index contributed by atoms with van der Waals surface area (Å²) in [5.74, 6) is 0. The summed E-state index contributed by atoms with van der Waals surface area (Å²) < 4.78 is 11.3. The summed E-state index contributed by atoms with van der Waals surface area (Å²) >= 11 is 0. The minimum absolute atomic E-state index is 0.898. The second kappa shape index (κ2) is 11.6. The van der Waals surface area contributed by atoms with Gasteiger partial charge in [0.25, 0.3) is 0 Å². The highest BCUT2D eigenvalue weighted by Crippen LogP contribution is 2.43. The van der Waals surface area contributed by atoms with E-state index in [9.17, 15) is 0 Å². The number of nitrogens with zero attached hydrogens (tertiary/aromatic N) is 2. The normalized spacial score (nSPS) is 12.0. The molecule has 0 aliphatic rings. The van der Waals surface area contributed by atoms with Crippen molar-refractivity contribution in [1.82, 2.24) is 9.13 Å². The quantitative estimate of drug-likeness (QED) is 0.179. The van der Waals surface area contributed by atoms with Crippen molar-refractivity contribution >= 4 is 76.3 Å². The summed E-state index contributed by atoms with van der Waals surface area (Å²) in [7, 11) is 0. The van der Waals surface area contributed by atoms with Gasteiger partial charge in [-0.25, -0.2) is 0 Å². The van der Waals surface area contributed by atoms with Gasteiger partial charge < -0.3 is 13.6 Å². The number of hydrogen-bond acceptors (Lipinski definition) is 1. The van der Waals surface area contributed by atoms with Gasteiger partial charge in [0.2, 0.25) is 0 Å². The molecule has 3 heteroatoms. The lowest BCUT2D eigenvalue weighted by Gasteiger charge is -2.11. The fourth-order valence-electron chi connectivity index (χ4n) is 8.94. The largest absolute Gasteiger partial charge is 0.456 e. The summed E-state index contributed by atoms with van der Waals surface area (Å²) in [4.78, 5) is 0. The molecule has 0 radical (unpaired) electrons. The van der Waals surface area contributed by atoms with Gasteiger partial charge in [-0.1, -0.05) is 121 Å². The van der Waals surface area contributed by atoms with E-state index in [1.54, 1.807) is 0 Å². The summed E-state index contributed by atoms with van der Waals surface area (Å²) in [6, 6.07) is 70.3. The molecule has 0 aliphatic carbocycles. The number of rotatable bonds is 4. The zero-order valence-electron chi connectivity index (χ0n) is 29.8. The minimum Gasteiger partial charge on any atom is -0.456 e. The smallest absolute Gasteiger partial charge is 0.137 e. The van der Waals surface area contributed by atoms with Gasteiger partial charge in [-0.2, -0.15) is 0 Å². The molecule has 256 valence electrons. The van der Waals surface area contributed by atoms with E-state index in [2.05, 4.69) is 197 Å². The molecule has 0 saturated carbocycles. The highest BCUT2D eigenvalue weighted by molar-refractivity contribution is 6.25. The number of hydrogen-bond donors (Lipinski definition) is 0. The Morgan fingerprint density at radius 1 is 0.309 bits per heavy atom. The van der Waals surface area contributed by atoms with Gasteiger partial charge in [0.15, 0.2) is 0 Å². The molecule has 0 amide bonds. The third-order valence-corrected chi connectivity index (χ3v) is 11.5. The molecule has 3 nitrogen and oxygen atoms in total. The molecule has 0 unspecified atom stereocenters. The maximum Gasteiger partial charge on any atom is 0.137 e. The van der Waals surface area contributed by atoms with Crippen LogP contribution >= 0.6 is 0 Å². The van der Waals surface area contributed by atoms with Crippen LogP contribution in [0.4, 0.5) is 0 Å². The Morgan fingerprint density at radius 3 is 1.73 bits per heavy atom. The van der Waals surface area contributed by atoms with Gasteiger partial charge in [-0.05, 0) is 106 Å². The number of aromatic nitrogens is 2. The third-order valence-electron chi connectivity index (χ3n) is 11.5. The van der Waals surface area contributed by atoms with E-state index < -0.39 is 0 Å². The van der Waals surface area contributed by atoms with Crippen LogP contribution < -0.4 is 0 Å². The number of furan rings is 1. The van der Waals surface area contributed by atoms with Crippen LogP contribution in [-0.2, 0) is 0 Å². The number of fused-ring (bicyclic) bond motifs is 11. The molecule has 12 aromatic rings. The Hall–Kier alpha value is -7.36. The summed E-state index contributed by atoms with van der Waals surface area (Å²) in [6.07, 6.45) is 0. The van der Waals surface area contributed by atoms with Crippen LogP contribution in [0.5, 0.6) is 0 Å². The minimum atomic E-state index is 0.898. The van der Waals surface area contributed by atoms with E-state index in [1.807, 2.05) is 6.07 Å². The van der Waals surface area contributed by atoms with Crippen molar-refractivity contribution in [3.63, 3.8) is 0 Å². The Labute approximate surface area is 316 Å². The second-order valence-corrected chi connectivity index (χ2v) is 14.5. The van der Waals surface area contributed by atoms with E-state index >= 15 is 0 Å². The van der Waals surface area contributed by atoms with Crippen LogP contribution in [0.2, 0.25) is 0 Å². The van der Waals surface area contributed by atoms with Crippen LogP contribution in [-0.4, -0.2) is 9.13 Å². The maximum atomic E-state index is 6.43. The van der Waals surface area contributed by atoms with Gasteiger partial charge >= 0.3 is 0 Å². The van der Waals surface area contributed by atoms with E-state index in [0.29, 0.717) is 0 Å². The van der Waals surface area contributed by atoms with Crippen molar-refractivity contribution in [2.45, 2.75) is 0 Å². The zero-order valence-corrected chi connectivity index (χ0v) is 29.8. The van der Waals surface area contributed by atoms with Gasteiger partial charge in [-0.3, -0.25) is 0 Å². The lowest BCUT2D eigenvalue weighted by atomic mass is 10.00. The Morgan fingerprint density at radius 2 is 0.909 bits per heavy atom. The van der Waals surface area contributed by atoms with Crippen molar-refractivity contribution in [1.29, 1.82) is 0 Å². The SMILES string of the molecule is c1ccc(-c2ccc(-n3c4ccccc4c4cc(-c5ccc6c(c5)c5ccc7oc8ccccc8c7c5n6-c5ccc6ccccc6c5)ccc43)cc2)cc1. The molecule has 3 aromatic heterocycles. The van der Waals surface area contributed by atoms with Crippen LogP contribution in [0.3, 0.4) is 0 Å². The first kappa shape index (κ1) is 30.1. The molecule has 55 heavy (non-hydrogen) atoms. The van der Waals surface area contributed by atoms with E-state index in [1.165, 1.54) is 76.6 Å². The van der Waals surface area contributed by atoms with Gasteiger partial charge in [-0.15, -0.1) is 0 Å². The van der Waals surface area contributed by atoms with Gasteiger partial charge in [0.1, 0.15) is 11.2 Å². The molecule has 0 atom stereocenters. The highest BCUT2D eigenvalue weighted by Gasteiger charge is 2.20. The standard InChI is InChI=1S/C52H32N2O/c1-2-10-33(11-3-1)35-18-23-39(24-19-35)53-46-16-8-6-14-41(46)44-31-37(21-27-47(44)53)38-22-28-48-45(32-38)42-26-29-50-51(43-15-7-9-17-49(43)55-50)52(42)54(48)40-25-20-34-12-4-5-13-36(34)30-40/h1-32H. The molecule has 0 bridgehead atoms. The molecule has 0 spiro atoms. The van der Waals surface area contributed by atoms with E-state index in [4.69, 9.17) is 4.42 Å². The first-order valence-electron chi connectivity index (χ1n) is 18.8. The van der Waals surface area contributed by atoms with Crippen LogP contribution in [0.15, 0.2) is 199 Å². The fourth-order valence-corrected chi connectivity index (χ4v) is 8.94. The summed E-state index contributed by atoms with van der Waals surface area (Å²) in [5.41, 5.74) is 13.6. The van der Waals surface area contributed by atoms with Crippen LogP contribution in [0, 0.1) is 0 Å². The van der Waals surface area contributed by atoms with Crippen molar-refractivity contribution in [2.75, 3.05) is 0 Å². The Bertz CT molecular complexity index is 3470. The maximum absolute atomic E-state index is 6.43. The molecular formula is C52H32N2O. The number of benzene rings is 9. The van der Waals surface area contributed by atoms with Crippen molar-refractivity contribution < 1.29 is 4.42 Å². The molecular weight excluding hydrogens is 669 g/mol. The van der Waals surface area contributed by atoms with Gasteiger partial charge in [0, 0.05) is 38.3 Å². The van der Waals surface area contributed by atoms with Crippen molar-refractivity contribution in [3.05, 3.63) is 194 Å². The predicted molar refractivity (Wildman–Crippen MR) is 231 cm³/mol. The number of para-hydroxylation sites is 2. The molecule has 0 saturated heterocycles.